The van der Waals surface area contributed by atoms with Gasteiger partial charge in [-0.25, -0.2) is 0 Å². The third-order valence-electron chi connectivity index (χ3n) is 2.99. The molecule has 4 nitrogen and oxygen atoms in total. The van der Waals surface area contributed by atoms with Crippen LogP contribution in [0.5, 0.6) is 0 Å². The summed E-state index contributed by atoms with van der Waals surface area (Å²) >= 11 is 0. The van der Waals surface area contributed by atoms with Crippen molar-refractivity contribution in [2.45, 2.75) is 34.6 Å². The van der Waals surface area contributed by atoms with Crippen LogP contribution in [0.1, 0.15) is 30.8 Å². The van der Waals surface area contributed by atoms with Crippen molar-refractivity contribution >= 4 is 5.78 Å². The Balaban J connectivity index is 0.000000478. The Kier molecular flexibility index (Phi) is 8.66. The summed E-state index contributed by atoms with van der Waals surface area (Å²) in [4.78, 5) is 10.0. The first kappa shape index (κ1) is 20.3. The minimum Gasteiger partial charge on any atom is -0.512 e. The van der Waals surface area contributed by atoms with E-state index in [9.17, 15) is 4.79 Å². The van der Waals surface area contributed by atoms with Crippen LogP contribution < -0.4 is 0 Å². The van der Waals surface area contributed by atoms with E-state index in [4.69, 9.17) is 5.11 Å². The number of nitrogens with zero attached hydrogens (tertiary/aromatic N) is 2. The summed E-state index contributed by atoms with van der Waals surface area (Å²) in [6.07, 6.45) is 1.17. The molecule has 5 heteroatoms. The van der Waals surface area contributed by atoms with Crippen LogP contribution in [0.25, 0.3) is 5.69 Å². The molecule has 0 unspecified atom stereocenters. The van der Waals surface area contributed by atoms with Crippen molar-refractivity contribution in [3.63, 3.8) is 0 Å². The zero-order valence-corrected chi connectivity index (χ0v) is 15.7. The van der Waals surface area contributed by atoms with E-state index in [2.05, 4.69) is 25.0 Å². The van der Waals surface area contributed by atoms with Crippen molar-refractivity contribution in [2.24, 2.45) is 0 Å². The second kappa shape index (κ2) is 9.37. The fourth-order valence-electron chi connectivity index (χ4n) is 1.76. The largest absolute Gasteiger partial charge is 0.512 e. The number of hydrogen-bond acceptors (Lipinski definition) is 3. The Bertz CT molecular complexity index is 642. The average Bonchev–Trinajstić information content (AvgIpc) is 2.67. The maximum absolute atomic E-state index is 10.0. The number of carbonyl (C=O) groups excluding carboxylic acids is 1. The van der Waals surface area contributed by atoms with E-state index in [0.29, 0.717) is 0 Å². The Labute approximate surface area is 146 Å². The Morgan fingerprint density at radius 3 is 2.23 bits per heavy atom. The van der Waals surface area contributed by atoms with Crippen LogP contribution in [0.4, 0.5) is 0 Å². The third-order valence-corrected chi connectivity index (χ3v) is 2.99. The smallest absolute Gasteiger partial charge is 0.155 e. The van der Waals surface area contributed by atoms with Crippen LogP contribution in [0.2, 0.25) is 0 Å². The molecule has 0 aliphatic rings. The van der Waals surface area contributed by atoms with Crippen LogP contribution in [0.3, 0.4) is 0 Å². The van der Waals surface area contributed by atoms with Gasteiger partial charge in [0.15, 0.2) is 5.78 Å². The Morgan fingerprint density at radius 2 is 1.91 bits per heavy atom. The zero-order valence-electron chi connectivity index (χ0n) is 13.5. The normalized spacial score (nSPS) is 10.3. The van der Waals surface area contributed by atoms with E-state index in [0.717, 1.165) is 11.4 Å². The molecule has 0 atom stereocenters. The van der Waals surface area contributed by atoms with Crippen molar-refractivity contribution in [3.05, 3.63) is 59.1 Å². The number of hydrogen-bond donors (Lipinski definition) is 1. The number of carbonyl (C=O) groups is 1. The SMILES string of the molecule is CC(=O)/C=C(/C)O.Cc1nn(-c2[c-]cccc2)c(C)c1C.[Pt]. The van der Waals surface area contributed by atoms with Gasteiger partial charge < -0.3 is 5.11 Å². The van der Waals surface area contributed by atoms with E-state index < -0.39 is 0 Å². The van der Waals surface area contributed by atoms with Gasteiger partial charge in [0.2, 0.25) is 0 Å². The van der Waals surface area contributed by atoms with E-state index in [1.807, 2.05) is 35.9 Å². The molecule has 122 valence electrons. The molecule has 2 rings (SSSR count). The van der Waals surface area contributed by atoms with E-state index in [1.54, 1.807) is 0 Å². The molecule has 0 aliphatic heterocycles. The molecular weight excluding hydrogens is 459 g/mol. The zero-order chi connectivity index (χ0) is 16.0. The molecule has 0 saturated heterocycles. The monoisotopic (exact) mass is 480 g/mol. The summed E-state index contributed by atoms with van der Waals surface area (Å²) in [7, 11) is 0. The summed E-state index contributed by atoms with van der Waals surface area (Å²) in [5.74, 6) is -0.0625. The predicted octanol–water partition coefficient (Wildman–Crippen LogP) is 3.63. The van der Waals surface area contributed by atoms with Crippen LogP contribution in [-0.2, 0) is 25.9 Å². The summed E-state index contributed by atoms with van der Waals surface area (Å²) in [5, 5.41) is 12.8. The van der Waals surface area contributed by atoms with Crippen LogP contribution >= 0.6 is 0 Å². The third kappa shape index (κ3) is 5.98. The van der Waals surface area contributed by atoms with Crippen LogP contribution in [0, 0.1) is 26.8 Å². The molecule has 22 heavy (non-hydrogen) atoms. The number of aliphatic hydroxyl groups excluding tert-OH is 1. The molecule has 1 heterocycles. The Morgan fingerprint density at radius 1 is 1.27 bits per heavy atom. The number of ketones is 1. The van der Waals surface area contributed by atoms with Crippen LogP contribution in [0.15, 0.2) is 36.1 Å². The van der Waals surface area contributed by atoms with Crippen molar-refractivity contribution < 1.29 is 31.0 Å². The van der Waals surface area contributed by atoms with Gasteiger partial charge in [0, 0.05) is 32.8 Å². The van der Waals surface area contributed by atoms with Crippen molar-refractivity contribution in [1.29, 1.82) is 0 Å². The molecule has 0 amide bonds. The van der Waals surface area contributed by atoms with Crippen molar-refractivity contribution in [3.8, 4) is 5.69 Å². The van der Waals surface area contributed by atoms with E-state index >= 15 is 0 Å². The molecule has 2 aromatic rings. The molecule has 1 aromatic heterocycles. The van der Waals surface area contributed by atoms with E-state index in [-0.39, 0.29) is 32.6 Å². The van der Waals surface area contributed by atoms with E-state index in [1.165, 1.54) is 31.2 Å². The van der Waals surface area contributed by atoms with Gasteiger partial charge in [-0.05, 0) is 45.9 Å². The number of rotatable bonds is 2. The minimum atomic E-state index is -0.125. The minimum absolute atomic E-state index is 0. The topological polar surface area (TPSA) is 55.1 Å². The van der Waals surface area contributed by atoms with Gasteiger partial charge in [0.1, 0.15) is 0 Å². The van der Waals surface area contributed by atoms with Crippen molar-refractivity contribution in [1.82, 2.24) is 9.78 Å². The predicted molar refractivity (Wildman–Crippen MR) is 83.7 cm³/mol. The Hall–Kier alpha value is -1.67. The van der Waals surface area contributed by atoms with Gasteiger partial charge >= 0.3 is 0 Å². The number of aryl methyl sites for hydroxylation is 1. The molecule has 0 spiro atoms. The number of allylic oxidation sites excluding steroid dienone is 2. The summed E-state index contributed by atoms with van der Waals surface area (Å²) in [5.41, 5.74) is 4.52. The molecule has 1 aromatic carbocycles. The molecule has 0 saturated carbocycles. The first-order valence-electron chi connectivity index (χ1n) is 6.70. The van der Waals surface area contributed by atoms with Gasteiger partial charge in [-0.1, -0.05) is 0 Å². The molecule has 0 radical (unpaired) electrons. The molecule has 0 fully saturated rings. The molecular formula is C17H21N2O2Pt-. The molecule has 0 bridgehead atoms. The first-order chi connectivity index (χ1) is 9.82. The second-order valence-corrected chi connectivity index (χ2v) is 4.85. The standard InChI is InChI=1S/C12H13N2.C5H8O2.Pt/c1-9-10(2)13-14(11(9)3)12-7-5-4-6-8-12;1-4(6)3-5(2)7;/h4-7H,1-3H3;3,6H,1-2H3;/q-1;;/b;4-3-;. The van der Waals surface area contributed by atoms with Gasteiger partial charge in [0.05, 0.1) is 11.5 Å². The average molecular weight is 480 g/mol. The number of benzene rings is 1. The van der Waals surface area contributed by atoms with Gasteiger partial charge in [-0.3, -0.25) is 9.48 Å². The fraction of sp³-hybridized carbons (Fsp3) is 0.294. The van der Waals surface area contributed by atoms with Crippen molar-refractivity contribution in [2.75, 3.05) is 0 Å². The maximum atomic E-state index is 10.0. The summed E-state index contributed by atoms with van der Waals surface area (Å²) in [6, 6.07) is 11.0. The van der Waals surface area contributed by atoms with Gasteiger partial charge in [0.25, 0.3) is 0 Å². The van der Waals surface area contributed by atoms with Crippen LogP contribution in [-0.4, -0.2) is 20.7 Å². The number of aliphatic hydroxyl groups is 1. The first-order valence-corrected chi connectivity index (χ1v) is 6.70. The number of aromatic nitrogens is 2. The quantitative estimate of drug-likeness (QED) is 0.406. The van der Waals surface area contributed by atoms with Gasteiger partial charge in [-0.2, -0.15) is 29.4 Å². The maximum Gasteiger partial charge on any atom is 0.155 e. The fourth-order valence-corrected chi connectivity index (χ4v) is 1.76. The molecule has 1 N–H and O–H groups in total. The van der Waals surface area contributed by atoms with Gasteiger partial charge in [-0.15, -0.1) is 6.07 Å². The molecule has 0 aliphatic carbocycles. The summed E-state index contributed by atoms with van der Waals surface area (Å²) in [6.45, 7) is 9.05. The second-order valence-electron chi connectivity index (χ2n) is 4.85. The summed E-state index contributed by atoms with van der Waals surface area (Å²) < 4.78 is 1.94. The number of para-hydroxylation sites is 1.